The van der Waals surface area contributed by atoms with Crippen molar-refractivity contribution in [2.45, 2.75) is 19.9 Å². The van der Waals surface area contributed by atoms with Gasteiger partial charge in [-0.25, -0.2) is 0 Å². The van der Waals surface area contributed by atoms with Gasteiger partial charge < -0.3 is 9.55 Å². The molecule has 0 saturated carbocycles. The molecule has 0 fully saturated rings. The van der Waals surface area contributed by atoms with Crippen molar-refractivity contribution < 1.29 is 0 Å². The molecule has 5 nitrogen and oxygen atoms in total. The maximum atomic E-state index is 11.9. The van der Waals surface area contributed by atoms with E-state index in [1.54, 1.807) is 12.3 Å². The first kappa shape index (κ1) is 13.1. The molecule has 3 heterocycles. The van der Waals surface area contributed by atoms with Crippen molar-refractivity contribution >= 4 is 11.0 Å². The number of nitrogens with zero attached hydrogens (tertiary/aromatic N) is 3. The van der Waals surface area contributed by atoms with Gasteiger partial charge in [-0.1, -0.05) is 6.92 Å². The number of nitriles is 1. The molecule has 0 aliphatic rings. The zero-order valence-electron chi connectivity index (χ0n) is 11.6. The van der Waals surface area contributed by atoms with Crippen molar-refractivity contribution in [3.05, 3.63) is 63.8 Å². The molecule has 3 aromatic heterocycles. The first-order valence-corrected chi connectivity index (χ1v) is 6.77. The van der Waals surface area contributed by atoms with Crippen molar-refractivity contribution in [3.8, 4) is 6.07 Å². The van der Waals surface area contributed by atoms with E-state index in [1.807, 2.05) is 29.0 Å². The van der Waals surface area contributed by atoms with Crippen LogP contribution in [-0.2, 0) is 13.0 Å². The molecule has 0 spiro atoms. The highest BCUT2D eigenvalue weighted by atomic mass is 16.1. The average Bonchev–Trinajstić information content (AvgIpc) is 2.88. The van der Waals surface area contributed by atoms with Gasteiger partial charge in [-0.2, -0.15) is 5.26 Å². The van der Waals surface area contributed by atoms with E-state index in [9.17, 15) is 4.79 Å². The standard InChI is InChI=1S/C16H14N4O/c1-2-12-9-20(14-4-3-5-18-15(12)14)10-13-6-11(7-17)8-19-16(13)21/h3-6,8-9H,2,10H2,1H3,(H,19,21). The summed E-state index contributed by atoms with van der Waals surface area (Å²) in [6, 6.07) is 7.55. The Morgan fingerprint density at radius 1 is 1.43 bits per heavy atom. The summed E-state index contributed by atoms with van der Waals surface area (Å²) < 4.78 is 2.01. The summed E-state index contributed by atoms with van der Waals surface area (Å²) in [6.45, 7) is 2.50. The molecular weight excluding hydrogens is 264 g/mol. The van der Waals surface area contributed by atoms with Crippen LogP contribution in [0.2, 0.25) is 0 Å². The minimum Gasteiger partial charge on any atom is -0.341 e. The number of aryl methyl sites for hydroxylation is 1. The van der Waals surface area contributed by atoms with Gasteiger partial charge in [-0.3, -0.25) is 9.78 Å². The number of hydrogen-bond acceptors (Lipinski definition) is 3. The number of fused-ring (bicyclic) bond motifs is 1. The van der Waals surface area contributed by atoms with Crippen molar-refractivity contribution in [1.29, 1.82) is 5.26 Å². The monoisotopic (exact) mass is 278 g/mol. The van der Waals surface area contributed by atoms with E-state index in [0.29, 0.717) is 17.7 Å². The molecule has 5 heteroatoms. The van der Waals surface area contributed by atoms with Gasteiger partial charge in [-0.15, -0.1) is 0 Å². The van der Waals surface area contributed by atoms with Crippen molar-refractivity contribution in [3.63, 3.8) is 0 Å². The Morgan fingerprint density at radius 2 is 2.29 bits per heavy atom. The first-order valence-electron chi connectivity index (χ1n) is 6.77. The largest absolute Gasteiger partial charge is 0.341 e. The van der Waals surface area contributed by atoms with Crippen molar-refractivity contribution in [2.24, 2.45) is 0 Å². The van der Waals surface area contributed by atoms with Gasteiger partial charge in [0.1, 0.15) is 6.07 Å². The molecule has 0 saturated heterocycles. The molecular formula is C16H14N4O. The van der Waals surface area contributed by atoms with Crippen molar-refractivity contribution in [2.75, 3.05) is 0 Å². The van der Waals surface area contributed by atoms with E-state index in [4.69, 9.17) is 5.26 Å². The molecule has 0 amide bonds. The molecule has 0 bridgehead atoms. The molecule has 104 valence electrons. The summed E-state index contributed by atoms with van der Waals surface area (Å²) in [7, 11) is 0. The molecule has 0 radical (unpaired) electrons. The Hall–Kier alpha value is -2.87. The van der Waals surface area contributed by atoms with Crippen LogP contribution in [0.3, 0.4) is 0 Å². The van der Waals surface area contributed by atoms with Crippen LogP contribution in [0, 0.1) is 11.3 Å². The zero-order chi connectivity index (χ0) is 14.8. The Bertz CT molecular complexity index is 899. The maximum Gasteiger partial charge on any atom is 0.253 e. The zero-order valence-corrected chi connectivity index (χ0v) is 11.6. The summed E-state index contributed by atoms with van der Waals surface area (Å²) in [5, 5.41) is 8.94. The van der Waals surface area contributed by atoms with E-state index < -0.39 is 0 Å². The molecule has 0 aliphatic heterocycles. The molecule has 1 N–H and O–H groups in total. The number of aromatic amines is 1. The number of pyridine rings is 2. The summed E-state index contributed by atoms with van der Waals surface area (Å²) in [4.78, 5) is 18.9. The quantitative estimate of drug-likeness (QED) is 0.798. The lowest BCUT2D eigenvalue weighted by molar-refractivity contribution is 0.816. The molecule has 0 aromatic carbocycles. The normalized spacial score (nSPS) is 10.7. The second-order valence-corrected chi connectivity index (χ2v) is 4.86. The number of H-pyrrole nitrogens is 1. The SMILES string of the molecule is CCc1cn(Cc2cc(C#N)c[nH]c2=O)c2cccnc12. The third-order valence-electron chi connectivity index (χ3n) is 3.54. The Balaban J connectivity index is 2.11. The van der Waals surface area contributed by atoms with Gasteiger partial charge >= 0.3 is 0 Å². The van der Waals surface area contributed by atoms with E-state index in [-0.39, 0.29) is 5.56 Å². The summed E-state index contributed by atoms with van der Waals surface area (Å²) in [5.41, 5.74) is 3.97. The van der Waals surface area contributed by atoms with Gasteiger partial charge in [0.25, 0.3) is 5.56 Å². The highest BCUT2D eigenvalue weighted by Gasteiger charge is 2.10. The number of rotatable bonds is 3. The second kappa shape index (κ2) is 5.25. The maximum absolute atomic E-state index is 11.9. The van der Waals surface area contributed by atoms with Crippen molar-refractivity contribution in [1.82, 2.24) is 14.5 Å². The predicted octanol–water partition coefficient (Wildman–Crippen LogP) is 2.21. The lowest BCUT2D eigenvalue weighted by Gasteiger charge is -2.04. The topological polar surface area (TPSA) is 74.5 Å². The van der Waals surface area contributed by atoms with Gasteiger partial charge in [0, 0.05) is 24.2 Å². The highest BCUT2D eigenvalue weighted by molar-refractivity contribution is 5.79. The molecule has 0 aliphatic carbocycles. The van der Waals surface area contributed by atoms with Gasteiger partial charge in [0.05, 0.1) is 23.1 Å². The fourth-order valence-corrected chi connectivity index (χ4v) is 2.48. The third-order valence-corrected chi connectivity index (χ3v) is 3.54. The summed E-state index contributed by atoms with van der Waals surface area (Å²) in [5.74, 6) is 0. The van der Waals surface area contributed by atoms with E-state index in [0.717, 1.165) is 23.0 Å². The average molecular weight is 278 g/mol. The number of nitrogens with one attached hydrogen (secondary N) is 1. The lowest BCUT2D eigenvalue weighted by Crippen LogP contribution is -2.15. The molecule has 0 atom stereocenters. The molecule has 3 aromatic rings. The molecule has 3 rings (SSSR count). The summed E-state index contributed by atoms with van der Waals surface area (Å²) in [6.07, 6.45) is 6.11. The van der Waals surface area contributed by atoms with Crippen LogP contribution < -0.4 is 5.56 Å². The van der Waals surface area contributed by atoms with Crippen LogP contribution in [-0.4, -0.2) is 14.5 Å². The Labute approximate surface area is 121 Å². The van der Waals surface area contributed by atoms with Crippen LogP contribution in [0.1, 0.15) is 23.6 Å². The minimum atomic E-state index is -0.169. The Morgan fingerprint density at radius 3 is 3.05 bits per heavy atom. The summed E-state index contributed by atoms with van der Waals surface area (Å²) >= 11 is 0. The van der Waals surface area contributed by atoms with Gasteiger partial charge in [0.15, 0.2) is 0 Å². The minimum absolute atomic E-state index is 0.169. The fourth-order valence-electron chi connectivity index (χ4n) is 2.48. The lowest BCUT2D eigenvalue weighted by atomic mass is 10.2. The fraction of sp³-hybridized carbons (Fsp3) is 0.188. The van der Waals surface area contributed by atoms with Crippen LogP contribution in [0.4, 0.5) is 0 Å². The molecule has 21 heavy (non-hydrogen) atoms. The third kappa shape index (κ3) is 2.32. The van der Waals surface area contributed by atoms with Gasteiger partial charge in [-0.05, 0) is 30.2 Å². The highest BCUT2D eigenvalue weighted by Crippen LogP contribution is 2.20. The molecule has 0 unspecified atom stereocenters. The predicted molar refractivity (Wildman–Crippen MR) is 80.0 cm³/mol. The van der Waals surface area contributed by atoms with Crippen LogP contribution in [0.5, 0.6) is 0 Å². The van der Waals surface area contributed by atoms with E-state index in [2.05, 4.69) is 16.9 Å². The van der Waals surface area contributed by atoms with Crippen LogP contribution >= 0.6 is 0 Å². The van der Waals surface area contributed by atoms with Crippen LogP contribution in [0.25, 0.3) is 11.0 Å². The smallest absolute Gasteiger partial charge is 0.253 e. The number of aromatic nitrogens is 3. The van der Waals surface area contributed by atoms with Crippen LogP contribution in [0.15, 0.2) is 41.6 Å². The Kier molecular flexibility index (Phi) is 3.28. The van der Waals surface area contributed by atoms with E-state index >= 15 is 0 Å². The first-order chi connectivity index (χ1) is 10.2. The number of hydrogen-bond donors (Lipinski definition) is 1. The van der Waals surface area contributed by atoms with E-state index in [1.165, 1.54) is 6.20 Å². The second-order valence-electron chi connectivity index (χ2n) is 4.86. The van der Waals surface area contributed by atoms with Gasteiger partial charge in [0.2, 0.25) is 0 Å².